The van der Waals surface area contributed by atoms with Crippen LogP contribution in [0.15, 0.2) is 59.2 Å². The molecule has 1 amide bonds. The van der Waals surface area contributed by atoms with Crippen LogP contribution in [-0.2, 0) is 22.6 Å². The molecule has 0 bridgehead atoms. The molecule has 0 aliphatic carbocycles. The second-order valence-corrected chi connectivity index (χ2v) is 10.4. The molecule has 0 aliphatic rings. The quantitative estimate of drug-likeness (QED) is 0.273. The van der Waals surface area contributed by atoms with Crippen LogP contribution < -0.4 is 10.2 Å². The molecule has 0 spiro atoms. The van der Waals surface area contributed by atoms with Crippen LogP contribution in [0.1, 0.15) is 37.5 Å². The smallest absolute Gasteiger partial charge is 0.392 e. The van der Waals surface area contributed by atoms with Crippen molar-refractivity contribution in [2.75, 3.05) is 23.8 Å². The molecule has 1 unspecified atom stereocenters. The fourth-order valence-corrected chi connectivity index (χ4v) is 4.43. The van der Waals surface area contributed by atoms with Gasteiger partial charge in [-0.15, -0.1) is 0 Å². The number of carbonyl (C=O) groups excluding carboxylic acids is 1. The number of carbonyl (C=O) groups is 1. The van der Waals surface area contributed by atoms with Crippen molar-refractivity contribution in [3.8, 4) is 11.1 Å². The number of aromatic nitrogens is 1. The van der Waals surface area contributed by atoms with Crippen molar-refractivity contribution in [2.45, 2.75) is 44.6 Å². The van der Waals surface area contributed by atoms with Crippen LogP contribution in [0, 0.1) is 0 Å². The molecule has 12 heteroatoms. The van der Waals surface area contributed by atoms with Gasteiger partial charge in [-0.1, -0.05) is 34.1 Å². The second kappa shape index (κ2) is 11.2. The maximum Gasteiger partial charge on any atom is 0.416 e. The summed E-state index contributed by atoms with van der Waals surface area (Å²) in [4.78, 5) is 19.2. The molecular weight excluding hydrogens is 592 g/mol. The van der Waals surface area contributed by atoms with Crippen molar-refractivity contribution in [1.29, 1.82) is 0 Å². The Kier molecular flexibility index (Phi) is 8.71. The number of nitrogens with one attached hydrogen (secondary N) is 1. The Morgan fingerprint density at radius 2 is 1.51 bits per heavy atom. The highest BCUT2D eigenvalue weighted by Gasteiger charge is 2.41. The van der Waals surface area contributed by atoms with Gasteiger partial charge in [-0.05, 0) is 62.2 Å². The predicted molar refractivity (Wildman–Crippen MR) is 140 cm³/mol. The highest BCUT2D eigenvalue weighted by atomic mass is 79.9. The van der Waals surface area contributed by atoms with E-state index in [4.69, 9.17) is 0 Å². The number of benzene rings is 2. The number of hydrogen-bond donors (Lipinski definition) is 2. The van der Waals surface area contributed by atoms with Gasteiger partial charge in [0.05, 0.1) is 34.5 Å². The molecule has 39 heavy (non-hydrogen) atoms. The molecule has 0 radical (unpaired) electrons. The lowest BCUT2D eigenvalue weighted by Gasteiger charge is -2.32. The van der Waals surface area contributed by atoms with Crippen molar-refractivity contribution in [3.05, 3.63) is 75.9 Å². The number of alkyl halides is 6. The molecule has 2 aromatic carbocycles. The first-order chi connectivity index (χ1) is 17.9. The Labute approximate surface area is 230 Å². The fourth-order valence-electron chi connectivity index (χ4n) is 3.93. The Morgan fingerprint density at radius 3 is 2.03 bits per heavy atom. The molecular formula is C27H26BrF6N3O2. The molecule has 3 rings (SSSR count). The lowest BCUT2D eigenvalue weighted by Crippen LogP contribution is -2.42. The van der Waals surface area contributed by atoms with E-state index < -0.39 is 46.5 Å². The summed E-state index contributed by atoms with van der Waals surface area (Å²) < 4.78 is 81.6. The number of hydrogen-bond acceptors (Lipinski definition) is 4. The van der Waals surface area contributed by atoms with Crippen LogP contribution in [0.5, 0.6) is 0 Å². The van der Waals surface area contributed by atoms with Gasteiger partial charge in [0.25, 0.3) is 0 Å². The van der Waals surface area contributed by atoms with Gasteiger partial charge < -0.3 is 15.3 Å². The Bertz CT molecular complexity index is 1320. The number of aliphatic hydroxyl groups is 1. The van der Waals surface area contributed by atoms with Gasteiger partial charge in [0.1, 0.15) is 5.82 Å². The van der Waals surface area contributed by atoms with Crippen LogP contribution in [0.25, 0.3) is 11.1 Å². The molecule has 5 nitrogen and oxygen atoms in total. The second-order valence-electron chi connectivity index (χ2n) is 9.58. The lowest BCUT2D eigenvalue weighted by atomic mass is 9.81. The van der Waals surface area contributed by atoms with E-state index in [-0.39, 0.29) is 18.3 Å². The largest absolute Gasteiger partial charge is 0.416 e. The standard InChI is InChI=1S/C27H26BrF6N3O2/c1-15(38)13-35-23-12-20(19-7-5-6-8-21(19)28)22(14-36-23)37(4)24(39)25(2,3)16-9-17(26(29,30)31)11-18(10-16)27(32,33)34/h5-12,14-15,38H,13H2,1-4H3,(H,35,36). The van der Waals surface area contributed by atoms with Crippen molar-refractivity contribution in [2.24, 2.45) is 0 Å². The zero-order valence-electron chi connectivity index (χ0n) is 21.4. The molecule has 0 aliphatic heterocycles. The zero-order valence-corrected chi connectivity index (χ0v) is 23.0. The number of amides is 1. The van der Waals surface area contributed by atoms with E-state index in [2.05, 4.69) is 26.2 Å². The van der Waals surface area contributed by atoms with Crippen molar-refractivity contribution in [1.82, 2.24) is 4.98 Å². The Morgan fingerprint density at radius 1 is 0.974 bits per heavy atom. The molecule has 0 saturated carbocycles. The van der Waals surface area contributed by atoms with E-state index in [0.717, 1.165) is 4.90 Å². The molecule has 1 heterocycles. The summed E-state index contributed by atoms with van der Waals surface area (Å²) in [6, 6.07) is 9.89. The predicted octanol–water partition coefficient (Wildman–Crippen LogP) is 7.28. The summed E-state index contributed by atoms with van der Waals surface area (Å²) in [6.07, 6.45) is -9.39. The normalized spacial score (nSPS) is 13.2. The maximum atomic E-state index is 13.7. The van der Waals surface area contributed by atoms with Gasteiger partial charge in [0, 0.05) is 23.6 Å². The number of anilines is 2. The summed E-state index contributed by atoms with van der Waals surface area (Å²) in [5.74, 6) is -0.368. The topological polar surface area (TPSA) is 65.5 Å². The Hall–Kier alpha value is -3.12. The Balaban J connectivity index is 2.12. The van der Waals surface area contributed by atoms with E-state index in [1.807, 2.05) is 0 Å². The van der Waals surface area contributed by atoms with Crippen LogP contribution in [0.3, 0.4) is 0 Å². The number of rotatable bonds is 7. The zero-order chi connectivity index (χ0) is 29.3. The average Bonchev–Trinajstić information content (AvgIpc) is 2.85. The van der Waals surface area contributed by atoms with Crippen molar-refractivity contribution in [3.63, 3.8) is 0 Å². The fraction of sp³-hybridized carbons (Fsp3) is 0.333. The molecule has 1 aromatic heterocycles. The van der Waals surface area contributed by atoms with Gasteiger partial charge in [0.2, 0.25) is 5.91 Å². The molecule has 1 atom stereocenters. The summed E-state index contributed by atoms with van der Waals surface area (Å²) >= 11 is 3.47. The minimum absolute atomic E-state index is 0.0295. The van der Waals surface area contributed by atoms with E-state index in [0.29, 0.717) is 33.6 Å². The summed E-state index contributed by atoms with van der Waals surface area (Å²) in [7, 11) is 1.38. The third kappa shape index (κ3) is 6.91. The first-order valence-electron chi connectivity index (χ1n) is 11.7. The SMILES string of the molecule is CC(O)CNc1cc(-c2ccccc2Br)c(N(C)C(=O)C(C)(C)c2cc(C(F)(F)F)cc(C(F)(F)F)c2)cn1. The van der Waals surface area contributed by atoms with Gasteiger partial charge in [-0.2, -0.15) is 26.3 Å². The van der Waals surface area contributed by atoms with E-state index in [9.17, 15) is 36.2 Å². The van der Waals surface area contributed by atoms with Crippen LogP contribution in [0.2, 0.25) is 0 Å². The minimum Gasteiger partial charge on any atom is -0.392 e. The highest BCUT2D eigenvalue weighted by Crippen LogP contribution is 2.41. The van der Waals surface area contributed by atoms with Crippen LogP contribution in [-0.4, -0.2) is 35.7 Å². The number of nitrogens with zero attached hydrogens (tertiary/aromatic N) is 2. The number of aliphatic hydroxyl groups excluding tert-OH is 1. The van der Waals surface area contributed by atoms with E-state index in [1.165, 1.54) is 27.1 Å². The summed E-state index contributed by atoms with van der Waals surface area (Å²) in [6.45, 7) is 4.32. The maximum absolute atomic E-state index is 13.7. The van der Waals surface area contributed by atoms with Crippen LogP contribution in [0.4, 0.5) is 37.8 Å². The number of halogens is 7. The first-order valence-corrected chi connectivity index (χ1v) is 12.5. The van der Waals surface area contributed by atoms with Gasteiger partial charge in [-0.25, -0.2) is 4.98 Å². The van der Waals surface area contributed by atoms with E-state index in [1.54, 1.807) is 37.3 Å². The van der Waals surface area contributed by atoms with Crippen LogP contribution >= 0.6 is 15.9 Å². The van der Waals surface area contributed by atoms with Gasteiger partial charge in [0.15, 0.2) is 0 Å². The average molecular weight is 618 g/mol. The van der Waals surface area contributed by atoms with Crippen molar-refractivity contribution < 1.29 is 36.2 Å². The first kappa shape index (κ1) is 30.4. The third-order valence-corrected chi connectivity index (χ3v) is 6.83. The number of likely N-dealkylation sites (N-methyl/N-ethyl adjacent to an activating group) is 1. The monoisotopic (exact) mass is 617 g/mol. The van der Waals surface area contributed by atoms with E-state index >= 15 is 0 Å². The minimum atomic E-state index is -5.05. The highest BCUT2D eigenvalue weighted by molar-refractivity contribution is 9.10. The molecule has 0 fully saturated rings. The molecule has 2 N–H and O–H groups in total. The van der Waals surface area contributed by atoms with Gasteiger partial charge >= 0.3 is 12.4 Å². The molecule has 3 aromatic rings. The third-order valence-electron chi connectivity index (χ3n) is 6.14. The molecule has 210 valence electrons. The summed E-state index contributed by atoms with van der Waals surface area (Å²) in [5.41, 5.74) is -3.79. The summed E-state index contributed by atoms with van der Waals surface area (Å²) in [5, 5.41) is 12.6. The van der Waals surface area contributed by atoms with Gasteiger partial charge in [-0.3, -0.25) is 4.79 Å². The lowest BCUT2D eigenvalue weighted by molar-refractivity contribution is -0.143. The van der Waals surface area contributed by atoms with Crippen molar-refractivity contribution >= 4 is 33.3 Å². The molecule has 0 saturated heterocycles. The number of pyridine rings is 1.